The molecule has 0 aromatic carbocycles. The maximum atomic E-state index is 12.5. The molecule has 0 radical (unpaired) electrons. The quantitative estimate of drug-likeness (QED) is 0.672. The molecule has 1 N–H and O–H groups in total. The van der Waals surface area contributed by atoms with Gasteiger partial charge in [-0.05, 0) is 13.8 Å². The maximum absolute atomic E-state index is 12.5. The predicted molar refractivity (Wildman–Crippen MR) is 75.9 cm³/mol. The zero-order valence-electron chi connectivity index (χ0n) is 12.1. The number of nitrogens with one attached hydrogen (secondary N) is 1. The first-order valence-electron chi connectivity index (χ1n) is 6.49. The molecule has 2 heterocycles. The number of aromatic amines is 1. The number of H-pyrrole nitrogens is 1. The fourth-order valence-corrected chi connectivity index (χ4v) is 2.07. The summed E-state index contributed by atoms with van der Waals surface area (Å²) in [4.78, 5) is 24.4. The normalized spacial score (nSPS) is 10.9. The number of carbonyl (C=O) groups excluding carboxylic acids is 1. The van der Waals surface area contributed by atoms with Gasteiger partial charge in [0.2, 0.25) is 0 Å². The van der Waals surface area contributed by atoms with Gasteiger partial charge in [-0.3, -0.25) is 20.0 Å². The van der Waals surface area contributed by atoms with Gasteiger partial charge in [-0.25, -0.2) is 0 Å². The molecule has 21 heavy (non-hydrogen) atoms. The first kappa shape index (κ1) is 14.8. The third-order valence-corrected chi connectivity index (χ3v) is 3.14. The van der Waals surface area contributed by atoms with E-state index >= 15 is 0 Å². The minimum absolute atomic E-state index is 0.0417. The van der Waals surface area contributed by atoms with Crippen molar-refractivity contribution in [2.75, 3.05) is 7.05 Å². The Kier molecular flexibility index (Phi) is 4.06. The van der Waals surface area contributed by atoms with Gasteiger partial charge in [-0.2, -0.15) is 5.10 Å². The Hall–Kier alpha value is -2.64. The lowest BCUT2D eigenvalue weighted by atomic mass is 10.3. The maximum Gasteiger partial charge on any atom is 0.287 e. The first-order valence-corrected chi connectivity index (χ1v) is 6.49. The van der Waals surface area contributed by atoms with Crippen molar-refractivity contribution < 1.29 is 9.72 Å². The van der Waals surface area contributed by atoms with Crippen molar-refractivity contribution in [3.8, 4) is 0 Å². The summed E-state index contributed by atoms with van der Waals surface area (Å²) in [6.07, 6.45) is 4.73. The summed E-state index contributed by atoms with van der Waals surface area (Å²) in [5, 5.41) is 17.4. The Morgan fingerprint density at radius 3 is 2.81 bits per heavy atom. The Morgan fingerprint density at radius 1 is 1.57 bits per heavy atom. The summed E-state index contributed by atoms with van der Waals surface area (Å²) in [6, 6.07) is 1.27. The van der Waals surface area contributed by atoms with Gasteiger partial charge in [-0.1, -0.05) is 0 Å². The summed E-state index contributed by atoms with van der Waals surface area (Å²) in [6.45, 7) is 4.12. The number of amides is 1. The molecule has 0 bridgehead atoms. The van der Waals surface area contributed by atoms with Crippen LogP contribution < -0.4 is 0 Å². The van der Waals surface area contributed by atoms with Gasteiger partial charge in [0.25, 0.3) is 11.6 Å². The lowest BCUT2D eigenvalue weighted by molar-refractivity contribution is -0.384. The second kappa shape index (κ2) is 5.78. The second-order valence-corrected chi connectivity index (χ2v) is 5.11. The van der Waals surface area contributed by atoms with Crippen LogP contribution in [0.3, 0.4) is 0 Å². The van der Waals surface area contributed by atoms with Gasteiger partial charge in [-0.15, -0.1) is 0 Å². The number of carbonyl (C=O) groups is 1. The summed E-state index contributed by atoms with van der Waals surface area (Å²) in [5.74, 6) is -0.266. The van der Waals surface area contributed by atoms with Gasteiger partial charge in [0, 0.05) is 37.5 Å². The van der Waals surface area contributed by atoms with Crippen LogP contribution in [0.2, 0.25) is 0 Å². The summed E-state index contributed by atoms with van der Waals surface area (Å²) >= 11 is 0. The van der Waals surface area contributed by atoms with Gasteiger partial charge in [0.15, 0.2) is 0 Å². The molecule has 8 nitrogen and oxygen atoms in total. The largest absolute Gasteiger partial charge is 0.336 e. The molecule has 0 aliphatic carbocycles. The number of aromatic nitrogens is 3. The number of nitro groups is 1. The lowest BCUT2D eigenvalue weighted by Gasteiger charge is -2.18. The predicted octanol–water partition coefficient (Wildman–Crippen LogP) is 1.97. The summed E-state index contributed by atoms with van der Waals surface area (Å²) in [5.41, 5.74) is 1.09. The lowest BCUT2D eigenvalue weighted by Crippen LogP contribution is -2.28. The second-order valence-electron chi connectivity index (χ2n) is 5.11. The molecular formula is C13H17N5O3. The number of hydrogen-bond acceptors (Lipinski definition) is 4. The van der Waals surface area contributed by atoms with Gasteiger partial charge in [0.1, 0.15) is 5.69 Å². The van der Waals surface area contributed by atoms with Gasteiger partial charge < -0.3 is 9.47 Å². The van der Waals surface area contributed by atoms with E-state index in [1.165, 1.54) is 17.2 Å². The van der Waals surface area contributed by atoms with E-state index in [4.69, 9.17) is 0 Å². The van der Waals surface area contributed by atoms with E-state index in [-0.39, 0.29) is 17.6 Å². The molecule has 0 aliphatic rings. The van der Waals surface area contributed by atoms with E-state index in [1.54, 1.807) is 24.0 Å². The van der Waals surface area contributed by atoms with Crippen LogP contribution in [0.1, 0.15) is 35.9 Å². The highest BCUT2D eigenvalue weighted by molar-refractivity contribution is 5.93. The van der Waals surface area contributed by atoms with Gasteiger partial charge >= 0.3 is 0 Å². The minimum Gasteiger partial charge on any atom is -0.336 e. The zero-order valence-corrected chi connectivity index (χ0v) is 12.1. The Balaban J connectivity index is 2.27. The molecular weight excluding hydrogens is 274 g/mol. The molecule has 0 atom stereocenters. The van der Waals surface area contributed by atoms with E-state index in [2.05, 4.69) is 10.2 Å². The standard InChI is InChI=1S/C13H17N5O3/c1-9(2)17-8-11(18(20)21)4-12(17)13(19)16(3)7-10-5-14-15-6-10/h4-6,8-9H,7H2,1-3H3,(H,14,15). The van der Waals surface area contributed by atoms with E-state index in [9.17, 15) is 14.9 Å². The molecule has 0 spiro atoms. The Labute approximate surface area is 121 Å². The van der Waals surface area contributed by atoms with E-state index in [0.717, 1.165) is 5.56 Å². The van der Waals surface area contributed by atoms with E-state index < -0.39 is 4.92 Å². The molecule has 0 aliphatic heterocycles. The topological polar surface area (TPSA) is 97.1 Å². The van der Waals surface area contributed by atoms with Crippen molar-refractivity contribution in [2.24, 2.45) is 0 Å². The van der Waals surface area contributed by atoms with Crippen LogP contribution in [0.15, 0.2) is 24.7 Å². The highest BCUT2D eigenvalue weighted by atomic mass is 16.6. The number of nitrogens with zero attached hydrogens (tertiary/aromatic N) is 4. The first-order chi connectivity index (χ1) is 9.90. The van der Waals surface area contributed by atoms with Crippen molar-refractivity contribution in [3.63, 3.8) is 0 Å². The van der Waals surface area contributed by atoms with Crippen LogP contribution in [0, 0.1) is 10.1 Å². The number of hydrogen-bond donors (Lipinski definition) is 1. The van der Waals surface area contributed by atoms with Crippen molar-refractivity contribution in [1.82, 2.24) is 19.7 Å². The third-order valence-electron chi connectivity index (χ3n) is 3.14. The average molecular weight is 291 g/mol. The highest BCUT2D eigenvalue weighted by Crippen LogP contribution is 2.22. The van der Waals surface area contributed by atoms with E-state index in [1.807, 2.05) is 13.8 Å². The molecule has 0 saturated heterocycles. The molecule has 112 valence electrons. The van der Waals surface area contributed by atoms with Crippen molar-refractivity contribution in [1.29, 1.82) is 0 Å². The molecule has 8 heteroatoms. The van der Waals surface area contributed by atoms with Crippen LogP contribution in [-0.4, -0.2) is 37.5 Å². The van der Waals surface area contributed by atoms with Crippen molar-refractivity contribution in [2.45, 2.75) is 26.4 Å². The average Bonchev–Trinajstić information content (AvgIpc) is 3.06. The molecule has 0 fully saturated rings. The van der Waals surface area contributed by atoms with Crippen molar-refractivity contribution >= 4 is 11.6 Å². The van der Waals surface area contributed by atoms with Gasteiger partial charge in [0.05, 0.1) is 17.3 Å². The van der Waals surface area contributed by atoms with Crippen LogP contribution >= 0.6 is 0 Å². The van der Waals surface area contributed by atoms with E-state index in [0.29, 0.717) is 12.2 Å². The minimum atomic E-state index is -0.494. The molecule has 2 aromatic rings. The molecule has 2 rings (SSSR count). The fourth-order valence-electron chi connectivity index (χ4n) is 2.07. The molecule has 1 amide bonds. The number of rotatable bonds is 5. The molecule has 0 unspecified atom stereocenters. The van der Waals surface area contributed by atoms with Crippen LogP contribution in [0.25, 0.3) is 0 Å². The van der Waals surface area contributed by atoms with Crippen LogP contribution in [0.4, 0.5) is 5.69 Å². The zero-order chi connectivity index (χ0) is 15.6. The fraction of sp³-hybridized carbons (Fsp3) is 0.385. The highest BCUT2D eigenvalue weighted by Gasteiger charge is 2.23. The smallest absolute Gasteiger partial charge is 0.287 e. The summed E-state index contributed by atoms with van der Waals surface area (Å²) < 4.78 is 1.62. The molecule has 0 saturated carbocycles. The van der Waals surface area contributed by atoms with Crippen molar-refractivity contribution in [3.05, 3.63) is 46.0 Å². The molecule has 2 aromatic heterocycles. The summed E-state index contributed by atoms with van der Waals surface area (Å²) in [7, 11) is 1.65. The Bertz CT molecular complexity index is 645. The SMILES string of the molecule is CC(C)n1cc([N+](=O)[O-])cc1C(=O)N(C)Cc1cn[nH]c1. The Morgan fingerprint density at radius 2 is 2.29 bits per heavy atom. The van der Waals surface area contributed by atoms with Crippen LogP contribution in [-0.2, 0) is 6.54 Å². The van der Waals surface area contributed by atoms with Crippen LogP contribution in [0.5, 0.6) is 0 Å². The monoisotopic (exact) mass is 291 g/mol. The third kappa shape index (κ3) is 3.10.